The van der Waals surface area contributed by atoms with Crippen molar-refractivity contribution in [3.05, 3.63) is 59.6 Å². The zero-order chi connectivity index (χ0) is 23.5. The highest BCUT2D eigenvalue weighted by molar-refractivity contribution is 7.81. The Balaban J connectivity index is 1.56. The molecule has 0 saturated heterocycles. The van der Waals surface area contributed by atoms with Gasteiger partial charge in [0.2, 0.25) is 0 Å². The number of thiol groups is 2. The van der Waals surface area contributed by atoms with Gasteiger partial charge in [-0.05, 0) is 31.0 Å². The fourth-order valence-electron chi connectivity index (χ4n) is 3.50. The minimum absolute atomic E-state index is 0.209. The molecule has 11 heteroatoms. The third-order valence-electron chi connectivity index (χ3n) is 5.00. The quantitative estimate of drug-likeness (QED) is 0.247. The second-order valence-corrected chi connectivity index (χ2v) is 7.97. The average molecular weight is 482 g/mol. The molecule has 0 radical (unpaired) electrons. The number of nitrogens with one attached hydrogen (secondary N) is 2. The van der Waals surface area contributed by atoms with E-state index < -0.39 is 5.82 Å². The summed E-state index contributed by atoms with van der Waals surface area (Å²) in [4.78, 5) is 33.5. The number of pyridine rings is 1. The maximum atomic E-state index is 14.5. The fourth-order valence-corrected chi connectivity index (χ4v) is 4.32. The molecular formula is C22H20FN7OS2. The Morgan fingerprint density at radius 3 is 2.58 bits per heavy atom. The van der Waals surface area contributed by atoms with Gasteiger partial charge in [0, 0.05) is 31.2 Å². The van der Waals surface area contributed by atoms with Crippen LogP contribution in [0.25, 0.3) is 22.2 Å². The van der Waals surface area contributed by atoms with Crippen LogP contribution in [0.5, 0.6) is 0 Å². The molecule has 0 spiro atoms. The van der Waals surface area contributed by atoms with E-state index in [1.54, 1.807) is 19.1 Å². The summed E-state index contributed by atoms with van der Waals surface area (Å²) >= 11 is 8.85. The summed E-state index contributed by atoms with van der Waals surface area (Å²) in [6.45, 7) is 2.26. The molecule has 0 aliphatic carbocycles. The van der Waals surface area contributed by atoms with E-state index in [1.807, 2.05) is 0 Å². The molecule has 3 heterocycles. The summed E-state index contributed by atoms with van der Waals surface area (Å²) in [6.07, 6.45) is 3.47. The van der Waals surface area contributed by atoms with E-state index in [0.717, 1.165) is 5.56 Å². The van der Waals surface area contributed by atoms with Crippen LogP contribution < -0.4 is 10.6 Å². The monoisotopic (exact) mass is 481 g/mol. The third kappa shape index (κ3) is 4.74. The Bertz CT molecular complexity index is 1340. The topological polar surface area (TPSA) is 106 Å². The number of nitrogens with zero attached hydrogens (tertiary/aromatic N) is 5. The van der Waals surface area contributed by atoms with Gasteiger partial charge in [0.1, 0.15) is 33.8 Å². The second kappa shape index (κ2) is 9.67. The summed E-state index contributed by atoms with van der Waals surface area (Å²) in [5, 5.41) is 6.94. The lowest BCUT2D eigenvalue weighted by atomic mass is 10.0. The number of amides is 1. The zero-order valence-electron chi connectivity index (χ0n) is 17.8. The number of aryl methyl sites for hydroxylation is 1. The summed E-state index contributed by atoms with van der Waals surface area (Å²) in [6, 6.07) is 6.30. The summed E-state index contributed by atoms with van der Waals surface area (Å²) in [5.74, 6) is 0.309. The predicted octanol–water partition coefficient (Wildman–Crippen LogP) is 3.52. The van der Waals surface area contributed by atoms with Crippen molar-refractivity contribution in [3.8, 4) is 11.3 Å². The van der Waals surface area contributed by atoms with Crippen LogP contribution in [0.3, 0.4) is 0 Å². The van der Waals surface area contributed by atoms with Crippen molar-refractivity contribution in [2.75, 3.05) is 18.9 Å². The molecule has 0 bridgehead atoms. The zero-order valence-corrected chi connectivity index (χ0v) is 19.6. The fraction of sp³-hybridized carbons (Fsp3) is 0.182. The molecule has 0 saturated carbocycles. The number of anilines is 1. The Morgan fingerprint density at radius 1 is 1.09 bits per heavy atom. The first-order chi connectivity index (χ1) is 15.9. The smallest absolute Gasteiger partial charge is 0.251 e. The maximum Gasteiger partial charge on any atom is 0.251 e. The van der Waals surface area contributed by atoms with Crippen LogP contribution in [-0.4, -0.2) is 44.4 Å². The lowest BCUT2D eigenvalue weighted by Crippen LogP contribution is -2.18. The van der Waals surface area contributed by atoms with Crippen LogP contribution in [0, 0.1) is 12.7 Å². The van der Waals surface area contributed by atoms with Crippen molar-refractivity contribution < 1.29 is 9.18 Å². The molecule has 1 amide bonds. The van der Waals surface area contributed by atoms with Gasteiger partial charge in [-0.25, -0.2) is 24.3 Å². The maximum absolute atomic E-state index is 14.5. The van der Waals surface area contributed by atoms with Crippen LogP contribution >= 0.6 is 25.3 Å². The highest BCUT2D eigenvalue weighted by Crippen LogP contribution is 2.30. The van der Waals surface area contributed by atoms with Crippen LogP contribution in [0.4, 0.5) is 10.2 Å². The van der Waals surface area contributed by atoms with E-state index in [9.17, 15) is 9.18 Å². The summed E-state index contributed by atoms with van der Waals surface area (Å²) in [7, 11) is 1.51. The first kappa shape index (κ1) is 22.9. The van der Waals surface area contributed by atoms with E-state index in [2.05, 4.69) is 60.8 Å². The lowest BCUT2D eigenvalue weighted by Gasteiger charge is -2.12. The SMILES string of the molecule is CNC(=O)c1ccnc2c(CCNc3cc(-c4c(S)nc(C)nc4S)ncn3)ccc(F)c12. The Labute approximate surface area is 200 Å². The second-order valence-electron chi connectivity index (χ2n) is 7.13. The van der Waals surface area contributed by atoms with E-state index in [-0.39, 0.29) is 16.9 Å². The van der Waals surface area contributed by atoms with Gasteiger partial charge in [0.05, 0.1) is 22.3 Å². The van der Waals surface area contributed by atoms with E-state index in [0.29, 0.717) is 51.4 Å². The average Bonchev–Trinajstić information content (AvgIpc) is 2.79. The molecule has 3 aromatic heterocycles. The molecule has 0 aliphatic rings. The molecule has 168 valence electrons. The minimum atomic E-state index is -0.487. The first-order valence-electron chi connectivity index (χ1n) is 10.00. The molecule has 8 nitrogen and oxygen atoms in total. The molecular weight excluding hydrogens is 461 g/mol. The number of fused-ring (bicyclic) bond motifs is 1. The van der Waals surface area contributed by atoms with Crippen molar-refractivity contribution in [3.63, 3.8) is 0 Å². The van der Waals surface area contributed by atoms with Gasteiger partial charge in [-0.2, -0.15) is 0 Å². The van der Waals surface area contributed by atoms with Gasteiger partial charge in [-0.3, -0.25) is 9.78 Å². The summed E-state index contributed by atoms with van der Waals surface area (Å²) < 4.78 is 14.5. The van der Waals surface area contributed by atoms with Crippen molar-refractivity contribution in [2.24, 2.45) is 0 Å². The number of rotatable bonds is 6. The third-order valence-corrected chi connectivity index (χ3v) is 5.65. The molecule has 0 fully saturated rings. The Hall–Kier alpha value is -3.31. The predicted molar refractivity (Wildman–Crippen MR) is 130 cm³/mol. The first-order valence-corrected chi connectivity index (χ1v) is 10.9. The van der Waals surface area contributed by atoms with Crippen molar-refractivity contribution in [2.45, 2.75) is 23.4 Å². The van der Waals surface area contributed by atoms with E-state index >= 15 is 0 Å². The number of carbonyl (C=O) groups is 1. The number of halogens is 1. The number of hydrogen-bond acceptors (Lipinski definition) is 9. The lowest BCUT2D eigenvalue weighted by molar-refractivity contribution is 0.0964. The summed E-state index contributed by atoms with van der Waals surface area (Å²) in [5.41, 5.74) is 2.72. The standard InChI is InChI=1S/C22H20FN7OS2/c1-11-29-21(32)18(22(33)30-11)15-9-16(28-10-27-15)25-7-5-12-3-4-14(23)17-13(20(31)24-2)6-8-26-19(12)17/h3-4,6,8-10H,5,7H2,1-2H3,(H,24,31)(H,25,27,28)(H2,29,30,32,33). The largest absolute Gasteiger partial charge is 0.370 e. The number of hydrogen-bond donors (Lipinski definition) is 4. The van der Waals surface area contributed by atoms with Crippen molar-refractivity contribution >= 4 is 47.9 Å². The highest BCUT2D eigenvalue weighted by Gasteiger charge is 2.16. The molecule has 4 aromatic rings. The number of benzene rings is 1. The van der Waals surface area contributed by atoms with Gasteiger partial charge in [0.15, 0.2) is 0 Å². The molecule has 0 atom stereocenters. The molecule has 33 heavy (non-hydrogen) atoms. The van der Waals surface area contributed by atoms with Crippen molar-refractivity contribution in [1.29, 1.82) is 0 Å². The van der Waals surface area contributed by atoms with Crippen LogP contribution in [0.1, 0.15) is 21.7 Å². The van der Waals surface area contributed by atoms with Crippen LogP contribution in [-0.2, 0) is 6.42 Å². The molecule has 2 N–H and O–H groups in total. The Morgan fingerprint density at radius 2 is 1.85 bits per heavy atom. The Kier molecular flexibility index (Phi) is 6.70. The highest BCUT2D eigenvalue weighted by atomic mass is 32.1. The van der Waals surface area contributed by atoms with E-state index in [1.165, 1.54) is 31.7 Å². The van der Waals surface area contributed by atoms with Crippen molar-refractivity contribution in [1.82, 2.24) is 30.2 Å². The van der Waals surface area contributed by atoms with Gasteiger partial charge in [0.25, 0.3) is 5.91 Å². The minimum Gasteiger partial charge on any atom is -0.370 e. The molecule has 1 aromatic carbocycles. The molecule has 0 aliphatic heterocycles. The molecule has 0 unspecified atom stereocenters. The van der Waals surface area contributed by atoms with Crippen LogP contribution in [0.2, 0.25) is 0 Å². The van der Waals surface area contributed by atoms with E-state index in [4.69, 9.17) is 0 Å². The normalized spacial score (nSPS) is 10.9. The van der Waals surface area contributed by atoms with Gasteiger partial charge in [-0.15, -0.1) is 25.3 Å². The van der Waals surface area contributed by atoms with Gasteiger partial charge >= 0.3 is 0 Å². The number of aromatic nitrogens is 5. The van der Waals surface area contributed by atoms with Crippen LogP contribution in [0.15, 0.2) is 46.8 Å². The van der Waals surface area contributed by atoms with Gasteiger partial charge < -0.3 is 10.6 Å². The number of carbonyl (C=O) groups excluding carboxylic acids is 1. The van der Waals surface area contributed by atoms with Gasteiger partial charge in [-0.1, -0.05) is 6.07 Å². The molecule has 4 rings (SSSR count).